The summed E-state index contributed by atoms with van der Waals surface area (Å²) in [6.07, 6.45) is 4.12. The average molecular weight is 652 g/mol. The van der Waals surface area contributed by atoms with E-state index in [1.54, 1.807) is 13.2 Å². The van der Waals surface area contributed by atoms with Crippen molar-refractivity contribution in [1.82, 2.24) is 4.90 Å². The van der Waals surface area contributed by atoms with Gasteiger partial charge in [0.2, 0.25) is 0 Å². The molecule has 2 bridgehead atoms. The van der Waals surface area contributed by atoms with Gasteiger partial charge in [0, 0.05) is 25.3 Å². The van der Waals surface area contributed by atoms with Crippen LogP contribution >= 0.6 is 0 Å². The van der Waals surface area contributed by atoms with Crippen LogP contribution in [0.2, 0.25) is 0 Å². The van der Waals surface area contributed by atoms with Gasteiger partial charge in [-0.25, -0.2) is 0 Å². The fraction of sp³-hybridized carbons (Fsp3) is 0.765. The van der Waals surface area contributed by atoms with E-state index in [9.17, 15) is 10.2 Å². The highest BCUT2D eigenvalue weighted by Crippen LogP contribution is 2.65. The maximum absolute atomic E-state index is 12.4. The number of benzene rings is 1. The van der Waals surface area contributed by atoms with E-state index in [4.69, 9.17) is 42.6 Å². The molecule has 0 aromatic heterocycles. The van der Waals surface area contributed by atoms with Gasteiger partial charge < -0.3 is 52.8 Å². The molecule has 4 aliphatic rings. The van der Waals surface area contributed by atoms with E-state index in [-0.39, 0.29) is 24.0 Å². The Kier molecular flexibility index (Phi) is 13.5. The fourth-order valence-corrected chi connectivity index (χ4v) is 7.74. The van der Waals surface area contributed by atoms with Crippen LogP contribution < -0.4 is 4.74 Å². The number of hydrogen-bond donors (Lipinski definition) is 2. The molecule has 12 nitrogen and oxygen atoms in total. The number of likely N-dealkylation sites (tertiary alicyclic amines) is 1. The molecule has 1 saturated heterocycles. The van der Waals surface area contributed by atoms with Gasteiger partial charge in [0.15, 0.2) is 11.5 Å². The quantitative estimate of drug-likeness (QED) is 0.125. The zero-order chi connectivity index (χ0) is 32.2. The Morgan fingerprint density at radius 3 is 1.98 bits per heavy atom. The summed E-state index contributed by atoms with van der Waals surface area (Å²) in [5, 5.41) is 23.1. The van der Waals surface area contributed by atoms with Crippen molar-refractivity contribution in [2.45, 2.75) is 54.9 Å². The van der Waals surface area contributed by atoms with Crippen molar-refractivity contribution in [3.8, 4) is 11.5 Å². The van der Waals surface area contributed by atoms with Crippen molar-refractivity contribution in [3.05, 3.63) is 35.9 Å². The molecule has 2 N–H and O–H groups in total. The zero-order valence-corrected chi connectivity index (χ0v) is 27.3. The van der Waals surface area contributed by atoms with Gasteiger partial charge in [-0.05, 0) is 43.9 Å². The molecule has 5 atom stereocenters. The van der Waals surface area contributed by atoms with Crippen LogP contribution in [-0.4, -0.2) is 152 Å². The smallest absolute Gasteiger partial charge is 0.165 e. The summed E-state index contributed by atoms with van der Waals surface area (Å²) in [6.45, 7) is 12.6. The van der Waals surface area contributed by atoms with E-state index in [1.807, 2.05) is 12.1 Å². The maximum atomic E-state index is 12.4. The first-order valence-corrected chi connectivity index (χ1v) is 16.7. The van der Waals surface area contributed by atoms with Gasteiger partial charge in [-0.15, -0.1) is 6.58 Å². The molecule has 2 heterocycles. The summed E-state index contributed by atoms with van der Waals surface area (Å²) >= 11 is 0. The molecule has 5 rings (SSSR count). The van der Waals surface area contributed by atoms with Crippen LogP contribution in [0.1, 0.15) is 30.4 Å². The number of piperidine rings is 1. The van der Waals surface area contributed by atoms with Gasteiger partial charge in [-0.1, -0.05) is 12.1 Å². The second-order valence-electron chi connectivity index (χ2n) is 12.3. The lowest BCUT2D eigenvalue weighted by Crippen LogP contribution is -2.77. The molecule has 2 aliphatic heterocycles. The highest BCUT2D eigenvalue weighted by atomic mass is 16.6. The number of hydrogen-bond acceptors (Lipinski definition) is 12. The van der Waals surface area contributed by atoms with Gasteiger partial charge in [0.25, 0.3) is 0 Å². The Hall–Kier alpha value is -1.84. The van der Waals surface area contributed by atoms with Crippen molar-refractivity contribution >= 4 is 0 Å². The van der Waals surface area contributed by atoms with Crippen LogP contribution in [0.4, 0.5) is 0 Å². The van der Waals surface area contributed by atoms with Crippen molar-refractivity contribution in [2.75, 3.05) is 113 Å². The Labute approximate surface area is 272 Å². The normalized spacial score (nSPS) is 27.8. The van der Waals surface area contributed by atoms with E-state index < -0.39 is 11.0 Å². The van der Waals surface area contributed by atoms with Gasteiger partial charge in [0.05, 0.1) is 110 Å². The maximum Gasteiger partial charge on any atom is 0.165 e. The number of aromatic hydroxyl groups is 1. The predicted molar refractivity (Wildman–Crippen MR) is 169 cm³/mol. The Morgan fingerprint density at radius 2 is 1.41 bits per heavy atom. The molecule has 0 radical (unpaired) electrons. The Bertz CT molecular complexity index is 1090. The first-order chi connectivity index (χ1) is 22.6. The number of ether oxygens (including phenoxy) is 9. The summed E-state index contributed by atoms with van der Waals surface area (Å²) in [5.41, 5.74) is 0.592. The van der Waals surface area contributed by atoms with Gasteiger partial charge >= 0.3 is 0 Å². The minimum Gasteiger partial charge on any atom is -0.504 e. The fourth-order valence-electron chi connectivity index (χ4n) is 7.74. The predicted octanol–water partition coefficient (Wildman–Crippen LogP) is 1.86. The first kappa shape index (κ1) is 35.5. The topological polar surface area (TPSA) is 127 Å². The van der Waals surface area contributed by atoms with Crippen molar-refractivity contribution < 1.29 is 52.8 Å². The number of methoxy groups -OCH3 is 1. The molecule has 1 aromatic rings. The molecule has 2 fully saturated rings. The van der Waals surface area contributed by atoms with Gasteiger partial charge in [0.1, 0.15) is 6.10 Å². The third kappa shape index (κ3) is 7.72. The molecule has 260 valence electrons. The second-order valence-corrected chi connectivity index (χ2v) is 12.3. The second kappa shape index (κ2) is 17.5. The van der Waals surface area contributed by atoms with E-state index in [0.717, 1.165) is 37.1 Å². The molecular formula is C34H53NO11. The highest BCUT2D eigenvalue weighted by Gasteiger charge is 2.73. The summed E-state index contributed by atoms with van der Waals surface area (Å²) in [6, 6.07) is 3.69. The molecule has 12 heteroatoms. The van der Waals surface area contributed by atoms with Crippen molar-refractivity contribution in [2.24, 2.45) is 0 Å². The van der Waals surface area contributed by atoms with Crippen LogP contribution in [-0.2, 0) is 49.7 Å². The number of phenols is 1. The number of phenolic OH excluding ortho intramolecular Hbond substituents is 1. The minimum atomic E-state index is -0.954. The molecule has 2 aliphatic carbocycles. The molecule has 0 amide bonds. The third-order valence-electron chi connectivity index (χ3n) is 9.73. The van der Waals surface area contributed by atoms with E-state index in [2.05, 4.69) is 11.5 Å². The van der Waals surface area contributed by atoms with Crippen LogP contribution in [0.5, 0.6) is 11.5 Å². The SMILES string of the molecule is C=CCN1CC[C@]23c4c5ccc(O)c4O[C@H]2[C@@H](OCCOCCOCCOCCOCCOCCOCCOC)CC[C@@]3(O)C1C5. The zero-order valence-electron chi connectivity index (χ0n) is 27.3. The Balaban J connectivity index is 0.930. The van der Waals surface area contributed by atoms with Gasteiger partial charge in [-0.2, -0.15) is 0 Å². The number of aliphatic hydroxyl groups is 1. The largest absolute Gasteiger partial charge is 0.504 e. The van der Waals surface area contributed by atoms with Gasteiger partial charge in [-0.3, -0.25) is 4.90 Å². The molecule has 1 saturated carbocycles. The molecular weight excluding hydrogens is 598 g/mol. The summed E-state index contributed by atoms with van der Waals surface area (Å²) < 4.78 is 50.9. The van der Waals surface area contributed by atoms with Crippen LogP contribution in [0, 0.1) is 0 Å². The lowest BCUT2D eigenvalue weighted by Gasteiger charge is -2.64. The third-order valence-corrected chi connectivity index (χ3v) is 9.73. The standard InChI is InChI=1S/C34H53NO11/c1-3-9-35-10-8-33-30-26-4-5-27(36)31(30)46-32(33)28(6-7-34(33,37)29(35)25-26)45-24-23-44-22-21-43-20-19-42-18-17-41-16-15-40-14-13-39-12-11-38-2/h3-5,28-29,32,36-37H,1,6-25H2,2H3/t28-,29?,32-,33-,34+/m0/s1. The number of nitrogens with zero attached hydrogens (tertiary/aromatic N) is 1. The van der Waals surface area contributed by atoms with Crippen LogP contribution in [0.15, 0.2) is 24.8 Å². The average Bonchev–Trinajstić information content (AvgIpc) is 3.41. The summed E-state index contributed by atoms with van der Waals surface area (Å²) in [4.78, 5) is 2.35. The summed E-state index contributed by atoms with van der Waals surface area (Å²) in [5.74, 6) is 0.660. The lowest BCUT2D eigenvalue weighted by atomic mass is 9.48. The monoisotopic (exact) mass is 651 g/mol. The van der Waals surface area contributed by atoms with Crippen LogP contribution in [0.25, 0.3) is 0 Å². The Morgan fingerprint density at radius 1 is 0.848 bits per heavy atom. The minimum absolute atomic E-state index is 0.0238. The van der Waals surface area contributed by atoms with Crippen molar-refractivity contribution in [3.63, 3.8) is 0 Å². The van der Waals surface area contributed by atoms with E-state index in [1.165, 1.54) is 0 Å². The molecule has 1 spiro atoms. The molecule has 1 unspecified atom stereocenters. The summed E-state index contributed by atoms with van der Waals surface area (Å²) in [7, 11) is 1.65. The molecule has 46 heavy (non-hydrogen) atoms. The van der Waals surface area contributed by atoms with Crippen molar-refractivity contribution in [1.29, 1.82) is 0 Å². The first-order valence-electron chi connectivity index (χ1n) is 16.7. The molecule has 1 aromatic carbocycles. The van der Waals surface area contributed by atoms with Crippen LogP contribution in [0.3, 0.4) is 0 Å². The number of rotatable bonds is 24. The van der Waals surface area contributed by atoms with E-state index >= 15 is 0 Å². The van der Waals surface area contributed by atoms with E-state index in [0.29, 0.717) is 111 Å². The lowest BCUT2D eigenvalue weighted by molar-refractivity contribution is -0.215. The highest BCUT2D eigenvalue weighted by molar-refractivity contribution is 5.62.